The number of ketones is 1. The smallest absolute Gasteiger partial charge is 0.317 e. The summed E-state index contributed by atoms with van der Waals surface area (Å²) in [6, 6.07) is 0. The molecule has 0 aliphatic rings. The van der Waals surface area contributed by atoms with E-state index in [0.29, 0.717) is 13.0 Å². The average Bonchev–Trinajstić information content (AvgIpc) is 2.02. The molecule has 0 aliphatic carbocycles. The van der Waals surface area contributed by atoms with Crippen LogP contribution in [0.2, 0.25) is 0 Å². The number of allylic oxidation sites excluding steroid dienone is 1. The Kier molecular flexibility index (Phi) is 5.26. The molecule has 0 rings (SSSR count). The predicted octanol–water partition coefficient (Wildman–Crippen LogP) is 2.36. The lowest BCUT2D eigenvalue weighted by Crippen LogP contribution is -2.37. The number of rotatable bonds is 6. The van der Waals surface area contributed by atoms with Crippen molar-refractivity contribution in [3.8, 4) is 0 Å². The number of ether oxygens (including phenoxy) is 1. The summed E-state index contributed by atoms with van der Waals surface area (Å²) in [5.41, 5.74) is -0.431. The first-order chi connectivity index (χ1) is 6.86. The molecule has 15 heavy (non-hydrogen) atoms. The zero-order valence-corrected chi connectivity index (χ0v) is 10.0. The minimum atomic E-state index is -0.699. The molecule has 0 saturated carbocycles. The highest BCUT2D eigenvalue weighted by Gasteiger charge is 2.38. The Morgan fingerprint density at radius 2 is 2.00 bits per heavy atom. The van der Waals surface area contributed by atoms with Crippen molar-refractivity contribution in [1.82, 2.24) is 0 Å². The largest absolute Gasteiger partial charge is 0.465 e. The Balaban J connectivity index is 4.87. The lowest BCUT2D eigenvalue weighted by atomic mass is 9.74. The summed E-state index contributed by atoms with van der Waals surface area (Å²) in [6.07, 6.45) is 2.32. The van der Waals surface area contributed by atoms with Crippen molar-refractivity contribution in [2.24, 2.45) is 11.3 Å². The van der Waals surface area contributed by atoms with Gasteiger partial charge in [0.2, 0.25) is 0 Å². The molecule has 0 fully saturated rings. The molecule has 0 heterocycles. The molecule has 3 heteroatoms. The number of hydrogen-bond acceptors (Lipinski definition) is 3. The van der Waals surface area contributed by atoms with E-state index in [2.05, 4.69) is 6.58 Å². The third kappa shape index (κ3) is 3.86. The van der Waals surface area contributed by atoms with E-state index in [1.54, 1.807) is 13.0 Å². The molecule has 86 valence electrons. The van der Waals surface area contributed by atoms with Crippen LogP contribution >= 0.6 is 0 Å². The Morgan fingerprint density at radius 3 is 2.33 bits per heavy atom. The molecular formula is C12H20O3. The number of carbonyl (C=O) groups excluding carboxylic acids is 2. The minimum absolute atomic E-state index is 0.152. The summed E-state index contributed by atoms with van der Waals surface area (Å²) in [5, 5.41) is 0. The lowest BCUT2D eigenvalue weighted by Gasteiger charge is -2.29. The average molecular weight is 212 g/mol. The molecule has 0 aromatic rings. The van der Waals surface area contributed by atoms with Gasteiger partial charge in [0.05, 0.1) is 6.61 Å². The fourth-order valence-electron chi connectivity index (χ4n) is 1.75. The Morgan fingerprint density at radius 1 is 1.47 bits per heavy atom. The van der Waals surface area contributed by atoms with Crippen molar-refractivity contribution in [3.05, 3.63) is 12.7 Å². The van der Waals surface area contributed by atoms with E-state index in [-0.39, 0.29) is 5.78 Å². The van der Waals surface area contributed by atoms with Crippen LogP contribution in [0.4, 0.5) is 0 Å². The summed E-state index contributed by atoms with van der Waals surface area (Å²) in [5.74, 6) is -1.28. The first kappa shape index (κ1) is 13.9. The molecule has 0 aliphatic heterocycles. The molecule has 1 atom stereocenters. The molecule has 0 radical (unpaired) electrons. The van der Waals surface area contributed by atoms with Crippen molar-refractivity contribution in [3.63, 3.8) is 0 Å². The molecule has 0 amide bonds. The monoisotopic (exact) mass is 212 g/mol. The van der Waals surface area contributed by atoms with Crippen LogP contribution < -0.4 is 0 Å². The van der Waals surface area contributed by atoms with Crippen LogP contribution in [0, 0.1) is 11.3 Å². The number of Topliss-reactive ketones (excluding diaryl/α,β-unsaturated/α-hetero) is 1. The first-order valence-electron chi connectivity index (χ1n) is 5.14. The third-order valence-corrected chi connectivity index (χ3v) is 2.38. The second-order valence-electron chi connectivity index (χ2n) is 4.28. The minimum Gasteiger partial charge on any atom is -0.465 e. The van der Waals surface area contributed by atoms with E-state index in [1.165, 1.54) is 6.92 Å². The van der Waals surface area contributed by atoms with Crippen molar-refractivity contribution in [2.45, 2.75) is 34.1 Å². The maximum Gasteiger partial charge on any atom is 0.317 e. The van der Waals surface area contributed by atoms with Gasteiger partial charge >= 0.3 is 5.97 Å². The SMILES string of the molecule is C=CCC(C)(C)C(C(C)=O)C(=O)OCC. The van der Waals surface area contributed by atoms with Gasteiger partial charge in [-0.25, -0.2) is 0 Å². The van der Waals surface area contributed by atoms with E-state index < -0.39 is 17.3 Å². The summed E-state index contributed by atoms with van der Waals surface area (Å²) >= 11 is 0. The quantitative estimate of drug-likeness (QED) is 0.385. The van der Waals surface area contributed by atoms with Crippen LogP contribution in [0.25, 0.3) is 0 Å². The third-order valence-electron chi connectivity index (χ3n) is 2.38. The maximum atomic E-state index is 11.6. The van der Waals surface area contributed by atoms with E-state index in [1.807, 2.05) is 13.8 Å². The second-order valence-corrected chi connectivity index (χ2v) is 4.28. The Bertz CT molecular complexity index is 254. The Labute approximate surface area is 91.5 Å². The van der Waals surface area contributed by atoms with Crippen LogP contribution in [-0.2, 0) is 14.3 Å². The lowest BCUT2D eigenvalue weighted by molar-refractivity contribution is -0.155. The molecule has 1 unspecified atom stereocenters. The van der Waals surface area contributed by atoms with Crippen LogP contribution in [0.3, 0.4) is 0 Å². The van der Waals surface area contributed by atoms with Crippen LogP contribution in [0.15, 0.2) is 12.7 Å². The highest BCUT2D eigenvalue weighted by molar-refractivity contribution is 5.98. The molecule has 0 bridgehead atoms. The van der Waals surface area contributed by atoms with Crippen molar-refractivity contribution in [2.75, 3.05) is 6.61 Å². The van der Waals surface area contributed by atoms with E-state index in [9.17, 15) is 9.59 Å². The zero-order chi connectivity index (χ0) is 12.1. The molecule has 0 saturated heterocycles. The van der Waals surface area contributed by atoms with Gasteiger partial charge < -0.3 is 4.74 Å². The summed E-state index contributed by atoms with van der Waals surface area (Å²) in [7, 11) is 0. The van der Waals surface area contributed by atoms with Gasteiger partial charge in [0, 0.05) is 0 Å². The second kappa shape index (κ2) is 5.69. The number of hydrogen-bond donors (Lipinski definition) is 0. The van der Waals surface area contributed by atoms with Crippen molar-refractivity contribution in [1.29, 1.82) is 0 Å². The molecule has 0 N–H and O–H groups in total. The van der Waals surface area contributed by atoms with Crippen LogP contribution in [0.1, 0.15) is 34.1 Å². The van der Waals surface area contributed by atoms with Crippen molar-refractivity contribution < 1.29 is 14.3 Å². The van der Waals surface area contributed by atoms with E-state index in [4.69, 9.17) is 4.74 Å². The van der Waals surface area contributed by atoms with Gasteiger partial charge in [0.1, 0.15) is 11.7 Å². The van der Waals surface area contributed by atoms with Crippen LogP contribution in [0.5, 0.6) is 0 Å². The van der Waals surface area contributed by atoms with Crippen molar-refractivity contribution >= 4 is 11.8 Å². The first-order valence-corrected chi connectivity index (χ1v) is 5.14. The normalized spacial score (nSPS) is 13.1. The van der Waals surface area contributed by atoms with E-state index in [0.717, 1.165) is 0 Å². The topological polar surface area (TPSA) is 43.4 Å². The van der Waals surface area contributed by atoms with Gasteiger partial charge in [0.25, 0.3) is 0 Å². The highest BCUT2D eigenvalue weighted by atomic mass is 16.5. The summed E-state index contributed by atoms with van der Waals surface area (Å²) in [4.78, 5) is 23.1. The van der Waals surface area contributed by atoms with Gasteiger partial charge in [-0.15, -0.1) is 6.58 Å². The number of carbonyl (C=O) groups is 2. The Hall–Kier alpha value is -1.12. The molecule has 0 aromatic heterocycles. The fraction of sp³-hybridized carbons (Fsp3) is 0.667. The summed E-state index contributed by atoms with van der Waals surface area (Å²) < 4.78 is 4.90. The van der Waals surface area contributed by atoms with Gasteiger partial charge in [-0.3, -0.25) is 9.59 Å². The zero-order valence-electron chi connectivity index (χ0n) is 10.0. The van der Waals surface area contributed by atoms with Crippen LogP contribution in [-0.4, -0.2) is 18.4 Å². The fourth-order valence-corrected chi connectivity index (χ4v) is 1.75. The molecule has 0 aromatic carbocycles. The number of esters is 1. The molecule has 0 spiro atoms. The maximum absolute atomic E-state index is 11.6. The molecule has 3 nitrogen and oxygen atoms in total. The van der Waals surface area contributed by atoms with Gasteiger partial charge in [0.15, 0.2) is 0 Å². The van der Waals surface area contributed by atoms with Gasteiger partial charge in [-0.1, -0.05) is 19.9 Å². The van der Waals surface area contributed by atoms with E-state index >= 15 is 0 Å². The molecular weight excluding hydrogens is 192 g/mol. The predicted molar refractivity (Wildman–Crippen MR) is 59.4 cm³/mol. The highest BCUT2D eigenvalue weighted by Crippen LogP contribution is 2.32. The standard InChI is InChI=1S/C12H20O3/c1-6-8-12(4,5)10(9(3)13)11(14)15-7-2/h6,10H,1,7-8H2,2-5H3. The van der Waals surface area contributed by atoms with Gasteiger partial charge in [-0.2, -0.15) is 0 Å². The summed E-state index contributed by atoms with van der Waals surface area (Å²) in [6.45, 7) is 10.8. The van der Waals surface area contributed by atoms with Gasteiger partial charge in [-0.05, 0) is 25.7 Å².